The molecule has 0 spiro atoms. The van der Waals surface area contributed by atoms with E-state index in [0.29, 0.717) is 19.3 Å². The molecular formula is C55H96O12. The van der Waals surface area contributed by atoms with Crippen LogP contribution in [0, 0.1) is 0 Å². The smallest absolute Gasteiger partial charge is 0.335 e. The average molecular weight is 949 g/mol. The first-order valence-corrected chi connectivity index (χ1v) is 27.0. The van der Waals surface area contributed by atoms with Crippen molar-refractivity contribution in [3.8, 4) is 0 Å². The summed E-state index contributed by atoms with van der Waals surface area (Å²) in [4.78, 5) is 50.7. The summed E-state index contributed by atoms with van der Waals surface area (Å²) in [6, 6.07) is 0. The molecular weight excluding hydrogens is 853 g/mol. The van der Waals surface area contributed by atoms with Crippen molar-refractivity contribution in [1.82, 2.24) is 0 Å². The molecule has 12 heteroatoms. The molecule has 0 saturated carbocycles. The monoisotopic (exact) mass is 949 g/mol. The number of unbranched alkanes of at least 4 members (excludes halogenated alkanes) is 25. The van der Waals surface area contributed by atoms with Gasteiger partial charge in [0.25, 0.3) is 0 Å². The van der Waals surface area contributed by atoms with Gasteiger partial charge in [-0.2, -0.15) is 0 Å². The Balaban J connectivity index is 2.66. The molecule has 6 unspecified atom stereocenters. The highest BCUT2D eigenvalue weighted by Gasteiger charge is 2.50. The van der Waals surface area contributed by atoms with Crippen LogP contribution >= 0.6 is 0 Å². The molecule has 0 amide bonds. The summed E-state index contributed by atoms with van der Waals surface area (Å²) >= 11 is 0. The summed E-state index contributed by atoms with van der Waals surface area (Å²) in [5.41, 5.74) is 0. The predicted molar refractivity (Wildman–Crippen MR) is 266 cm³/mol. The Kier molecular flexibility index (Phi) is 40.8. The fourth-order valence-corrected chi connectivity index (χ4v) is 8.02. The minimum Gasteiger partial charge on any atom is -0.479 e. The Labute approximate surface area is 406 Å². The maximum Gasteiger partial charge on any atom is 0.335 e. The van der Waals surface area contributed by atoms with Gasteiger partial charge in [-0.15, -0.1) is 0 Å². The molecule has 0 bridgehead atoms. The van der Waals surface area contributed by atoms with Gasteiger partial charge in [0.05, 0.1) is 6.61 Å². The van der Waals surface area contributed by atoms with Gasteiger partial charge in [-0.1, -0.05) is 198 Å². The Morgan fingerprint density at radius 2 is 0.896 bits per heavy atom. The number of carboxylic acids is 1. The number of carbonyl (C=O) groups excluding carboxylic acids is 3. The van der Waals surface area contributed by atoms with Crippen LogP contribution in [0.1, 0.15) is 239 Å². The van der Waals surface area contributed by atoms with Crippen molar-refractivity contribution in [2.75, 3.05) is 13.2 Å². The third-order valence-corrected chi connectivity index (χ3v) is 12.2. The first-order chi connectivity index (χ1) is 32.6. The van der Waals surface area contributed by atoms with Crippen LogP contribution in [-0.2, 0) is 42.9 Å². The first kappa shape index (κ1) is 62.0. The lowest BCUT2D eigenvalue weighted by Gasteiger charge is -2.40. The molecule has 0 aromatic carbocycles. The van der Waals surface area contributed by atoms with Crippen LogP contribution < -0.4 is 0 Å². The number of aliphatic carboxylic acids is 1. The third kappa shape index (κ3) is 34.8. The van der Waals surface area contributed by atoms with E-state index < -0.39 is 67.3 Å². The van der Waals surface area contributed by atoms with Crippen LogP contribution in [0.2, 0.25) is 0 Å². The molecule has 0 radical (unpaired) electrons. The summed E-state index contributed by atoms with van der Waals surface area (Å²) in [7, 11) is 0. The topological polar surface area (TPSA) is 175 Å². The van der Waals surface area contributed by atoms with Crippen LogP contribution in [0.4, 0.5) is 0 Å². The molecule has 1 fully saturated rings. The van der Waals surface area contributed by atoms with Crippen molar-refractivity contribution >= 4 is 23.9 Å². The van der Waals surface area contributed by atoms with Crippen LogP contribution in [-0.4, -0.2) is 89.2 Å². The number of ether oxygens (including phenoxy) is 5. The van der Waals surface area contributed by atoms with E-state index in [0.717, 1.165) is 89.9 Å². The second-order valence-electron chi connectivity index (χ2n) is 18.5. The number of aliphatic hydroxyl groups excluding tert-OH is 2. The second-order valence-corrected chi connectivity index (χ2v) is 18.5. The van der Waals surface area contributed by atoms with E-state index in [4.69, 9.17) is 23.7 Å². The van der Waals surface area contributed by atoms with Crippen LogP contribution in [0.3, 0.4) is 0 Å². The van der Waals surface area contributed by atoms with Crippen molar-refractivity contribution in [2.24, 2.45) is 0 Å². The molecule has 6 atom stereocenters. The average Bonchev–Trinajstić information content (AvgIpc) is 3.31. The molecule has 388 valence electrons. The molecule has 0 aromatic heterocycles. The summed E-state index contributed by atoms with van der Waals surface area (Å²) in [6.07, 6.45) is 37.2. The highest BCUT2D eigenvalue weighted by molar-refractivity contribution is 5.74. The molecule has 1 rings (SSSR count). The number of carbonyl (C=O) groups is 4. The second kappa shape index (κ2) is 44.2. The zero-order valence-corrected chi connectivity index (χ0v) is 42.4. The minimum absolute atomic E-state index is 0.0489. The van der Waals surface area contributed by atoms with Gasteiger partial charge in [0.15, 0.2) is 24.6 Å². The predicted octanol–water partition coefficient (Wildman–Crippen LogP) is 12.9. The molecule has 0 aromatic rings. The summed E-state index contributed by atoms with van der Waals surface area (Å²) in [6.45, 7) is 5.90. The van der Waals surface area contributed by atoms with Gasteiger partial charge in [-0.25, -0.2) is 4.79 Å². The number of hydrogen-bond acceptors (Lipinski definition) is 11. The summed E-state index contributed by atoms with van der Waals surface area (Å²) in [5, 5.41) is 31.3. The number of allylic oxidation sites excluding steroid dienone is 6. The zero-order valence-electron chi connectivity index (χ0n) is 42.4. The van der Waals surface area contributed by atoms with E-state index in [1.807, 2.05) is 0 Å². The highest BCUT2D eigenvalue weighted by Crippen LogP contribution is 2.26. The lowest BCUT2D eigenvalue weighted by molar-refractivity contribution is -0.301. The van der Waals surface area contributed by atoms with Gasteiger partial charge >= 0.3 is 23.9 Å². The molecule has 12 nitrogen and oxygen atoms in total. The maximum atomic E-state index is 13.0. The van der Waals surface area contributed by atoms with Crippen LogP contribution in [0.25, 0.3) is 0 Å². The van der Waals surface area contributed by atoms with E-state index in [2.05, 4.69) is 57.2 Å². The van der Waals surface area contributed by atoms with Crippen molar-refractivity contribution in [1.29, 1.82) is 0 Å². The standard InChI is InChI=1S/C55H96O12/c1-4-7-10-13-16-19-20-21-22-23-24-25-26-27-28-31-34-37-40-43-49(58)66-53-51(60)50(59)52(54(61)62)67-55(53)64-45-46(65-48(57)42-39-36-33-30-18-15-12-9-6-3)44-63-47(56)41-38-35-32-29-17-14-11-8-5-2/h16,19,21-22,24-25,46,50-53,55,59-60H,4-15,17-18,20,23,26-45H2,1-3H3,(H,61,62)/b19-16-,22-21-,25-24-. The highest BCUT2D eigenvalue weighted by atomic mass is 16.7. The van der Waals surface area contributed by atoms with Crippen molar-refractivity contribution < 1.29 is 58.2 Å². The van der Waals surface area contributed by atoms with Gasteiger partial charge in [0, 0.05) is 19.3 Å². The van der Waals surface area contributed by atoms with Crippen molar-refractivity contribution in [3.05, 3.63) is 36.5 Å². The quantitative estimate of drug-likeness (QED) is 0.0228. The van der Waals surface area contributed by atoms with Crippen molar-refractivity contribution in [3.63, 3.8) is 0 Å². The minimum atomic E-state index is -1.90. The fourth-order valence-electron chi connectivity index (χ4n) is 8.02. The SMILES string of the molecule is CCCCC/C=C\C/C=C\C/C=C\CCCCCCCCC(=O)OC1C(OCC(COC(=O)CCCCCCCCCCC)OC(=O)CCCCCCCCCCC)OC(C(=O)O)C(O)C1O. The Hall–Kier alpha value is -3.06. The molecule has 3 N–H and O–H groups in total. The normalized spacial score (nSPS) is 19.1. The molecule has 67 heavy (non-hydrogen) atoms. The van der Waals surface area contributed by atoms with Crippen molar-refractivity contribution in [2.45, 2.75) is 276 Å². The van der Waals surface area contributed by atoms with Crippen LogP contribution in [0.15, 0.2) is 36.5 Å². The van der Waals surface area contributed by atoms with Gasteiger partial charge in [-0.3, -0.25) is 14.4 Å². The Morgan fingerprint density at radius 1 is 0.493 bits per heavy atom. The number of rotatable bonds is 45. The molecule has 1 aliphatic rings. The van der Waals surface area contributed by atoms with Crippen LogP contribution in [0.5, 0.6) is 0 Å². The molecule has 1 saturated heterocycles. The Morgan fingerprint density at radius 3 is 1.39 bits per heavy atom. The molecule has 1 heterocycles. The van der Waals surface area contributed by atoms with Gasteiger partial charge in [0.2, 0.25) is 0 Å². The van der Waals surface area contributed by atoms with Gasteiger partial charge < -0.3 is 39.0 Å². The van der Waals surface area contributed by atoms with E-state index in [1.165, 1.54) is 89.9 Å². The lowest BCUT2D eigenvalue weighted by atomic mass is 9.98. The Bertz CT molecular complexity index is 1310. The number of hydrogen-bond donors (Lipinski definition) is 3. The van der Waals surface area contributed by atoms with E-state index in [-0.39, 0.29) is 25.9 Å². The molecule has 1 aliphatic heterocycles. The maximum absolute atomic E-state index is 13.0. The van der Waals surface area contributed by atoms with Gasteiger partial charge in [-0.05, 0) is 57.8 Å². The summed E-state index contributed by atoms with van der Waals surface area (Å²) in [5.74, 6) is -3.13. The number of aliphatic hydroxyl groups is 2. The third-order valence-electron chi connectivity index (χ3n) is 12.2. The van der Waals surface area contributed by atoms with E-state index in [9.17, 15) is 34.5 Å². The fraction of sp³-hybridized carbons (Fsp3) is 0.818. The van der Waals surface area contributed by atoms with E-state index >= 15 is 0 Å². The zero-order chi connectivity index (χ0) is 49.0. The van der Waals surface area contributed by atoms with E-state index in [1.54, 1.807) is 0 Å². The first-order valence-electron chi connectivity index (χ1n) is 27.0. The summed E-state index contributed by atoms with van der Waals surface area (Å²) < 4.78 is 28.2. The van der Waals surface area contributed by atoms with Gasteiger partial charge in [0.1, 0.15) is 18.8 Å². The largest absolute Gasteiger partial charge is 0.479 e. The molecule has 0 aliphatic carbocycles. The number of esters is 3. The lowest BCUT2D eigenvalue weighted by Crippen LogP contribution is -2.61. The number of carboxylic acid groups (broad SMARTS) is 1.